The summed E-state index contributed by atoms with van der Waals surface area (Å²) in [5, 5.41) is 1.03. The second kappa shape index (κ2) is 15.1. The molecule has 4 nitrogen and oxygen atoms in total. The van der Waals surface area contributed by atoms with Gasteiger partial charge in [-0.25, -0.2) is 15.0 Å². The first-order valence-corrected chi connectivity index (χ1v) is 18.4. The SMILES string of the molecule is C=C/C(=C\c1oc2ccccc2c1Cc1nc(C2=CCC(C)(/C=C\C=C/C)c3ccccc32)nc(-c2ccccc2)n1)c1ccc(-c2ccccc2)cc1. The molecule has 1 atom stereocenters. The Balaban J connectivity index is 1.22. The van der Waals surface area contributed by atoms with E-state index in [0.717, 1.165) is 62.1 Å². The molecule has 1 aliphatic carbocycles. The Bertz CT molecular complexity index is 2570. The number of benzene rings is 5. The normalized spacial score (nSPS) is 15.8. The van der Waals surface area contributed by atoms with Crippen molar-refractivity contribution in [3.63, 3.8) is 0 Å². The highest BCUT2D eigenvalue weighted by Gasteiger charge is 2.31. The van der Waals surface area contributed by atoms with Gasteiger partial charge in [0.25, 0.3) is 0 Å². The van der Waals surface area contributed by atoms with Gasteiger partial charge < -0.3 is 4.42 Å². The Morgan fingerprint density at radius 2 is 1.39 bits per heavy atom. The average molecular weight is 700 g/mol. The lowest BCUT2D eigenvalue weighted by molar-refractivity contribution is 0.596. The number of rotatable bonds is 10. The Morgan fingerprint density at radius 1 is 0.722 bits per heavy atom. The van der Waals surface area contributed by atoms with E-state index in [1.165, 1.54) is 11.1 Å². The van der Waals surface area contributed by atoms with Gasteiger partial charge in [-0.15, -0.1) is 0 Å². The van der Waals surface area contributed by atoms with E-state index < -0.39 is 0 Å². The van der Waals surface area contributed by atoms with Crippen LogP contribution in [0.1, 0.15) is 59.9 Å². The maximum atomic E-state index is 6.57. The van der Waals surface area contributed by atoms with Gasteiger partial charge in [0.1, 0.15) is 17.2 Å². The first kappa shape index (κ1) is 34.4. The van der Waals surface area contributed by atoms with Crippen LogP contribution in [0.5, 0.6) is 0 Å². The predicted octanol–water partition coefficient (Wildman–Crippen LogP) is 12.5. The molecular weight excluding hydrogens is 659 g/mol. The van der Waals surface area contributed by atoms with E-state index in [1.54, 1.807) is 0 Å². The molecule has 0 fully saturated rings. The van der Waals surface area contributed by atoms with Crippen molar-refractivity contribution in [3.05, 3.63) is 216 Å². The van der Waals surface area contributed by atoms with Gasteiger partial charge in [0.2, 0.25) is 0 Å². The largest absolute Gasteiger partial charge is 0.456 e. The third-order valence-electron chi connectivity index (χ3n) is 10.2. The van der Waals surface area contributed by atoms with Gasteiger partial charge in [-0.2, -0.15) is 0 Å². The molecule has 5 aromatic carbocycles. The zero-order valence-corrected chi connectivity index (χ0v) is 30.6. The van der Waals surface area contributed by atoms with Crippen LogP contribution in [0.4, 0.5) is 0 Å². The molecule has 0 amide bonds. The highest BCUT2D eigenvalue weighted by atomic mass is 16.3. The summed E-state index contributed by atoms with van der Waals surface area (Å²) in [4.78, 5) is 15.4. The van der Waals surface area contributed by atoms with E-state index in [9.17, 15) is 0 Å². The van der Waals surface area contributed by atoms with Crippen molar-refractivity contribution in [2.75, 3.05) is 0 Å². The first-order valence-electron chi connectivity index (χ1n) is 18.4. The smallest absolute Gasteiger partial charge is 0.164 e. The highest BCUT2D eigenvalue weighted by Crippen LogP contribution is 2.42. The standard InChI is InChI=1S/C50H41N3O/c1-4-6-17-31-50(3)32-30-42(40-22-13-15-24-44(40)50)49-52-47(51-48(53-49)39-20-11-8-12-21-39)34-43-41-23-14-16-25-45(41)54-46(43)33-35(5-2)37-26-28-38(29-27-37)36-18-9-7-10-19-36/h4-31,33H,2,32,34H2,1,3H3/b6-4-,31-17-,35-33+. The maximum absolute atomic E-state index is 6.57. The van der Waals surface area contributed by atoms with Crippen molar-refractivity contribution in [2.45, 2.75) is 32.1 Å². The van der Waals surface area contributed by atoms with E-state index in [0.29, 0.717) is 23.9 Å². The Kier molecular flexibility index (Phi) is 9.65. The van der Waals surface area contributed by atoms with Crippen molar-refractivity contribution in [1.29, 1.82) is 0 Å². The van der Waals surface area contributed by atoms with Crippen LogP contribution in [0, 0.1) is 0 Å². The van der Waals surface area contributed by atoms with Crippen LogP contribution in [0.15, 0.2) is 181 Å². The van der Waals surface area contributed by atoms with Gasteiger partial charge in [-0.05, 0) is 58.9 Å². The average Bonchev–Trinajstić information content (AvgIpc) is 3.57. The van der Waals surface area contributed by atoms with Crippen LogP contribution < -0.4 is 0 Å². The lowest BCUT2D eigenvalue weighted by Gasteiger charge is -2.32. The molecule has 54 heavy (non-hydrogen) atoms. The fourth-order valence-corrected chi connectivity index (χ4v) is 7.30. The van der Waals surface area contributed by atoms with Gasteiger partial charge in [0.05, 0.1) is 0 Å². The minimum Gasteiger partial charge on any atom is -0.456 e. The number of furan rings is 1. The fraction of sp³-hybridized carbons (Fsp3) is 0.100. The summed E-state index contributed by atoms with van der Waals surface area (Å²) in [6.07, 6.45) is 16.1. The summed E-state index contributed by atoms with van der Waals surface area (Å²) in [5.74, 6) is 2.74. The van der Waals surface area contributed by atoms with Gasteiger partial charge in [-0.3, -0.25) is 0 Å². The zero-order chi connectivity index (χ0) is 36.9. The van der Waals surface area contributed by atoms with E-state index in [2.05, 4.69) is 141 Å². The number of fused-ring (bicyclic) bond motifs is 2. The summed E-state index contributed by atoms with van der Waals surface area (Å²) in [6.45, 7) is 8.51. The molecule has 7 aromatic rings. The van der Waals surface area contributed by atoms with Crippen LogP contribution in [-0.2, 0) is 11.8 Å². The monoisotopic (exact) mass is 699 g/mol. The molecule has 1 aliphatic rings. The van der Waals surface area contributed by atoms with E-state index in [4.69, 9.17) is 19.4 Å². The molecule has 1 unspecified atom stereocenters. The van der Waals surface area contributed by atoms with Crippen molar-refractivity contribution in [3.8, 4) is 22.5 Å². The summed E-state index contributed by atoms with van der Waals surface area (Å²) in [6, 6.07) is 45.9. The molecule has 0 saturated heterocycles. The molecule has 0 saturated carbocycles. The molecule has 2 heterocycles. The third kappa shape index (κ3) is 6.94. The lowest BCUT2D eigenvalue weighted by atomic mass is 9.71. The maximum Gasteiger partial charge on any atom is 0.164 e. The molecule has 0 radical (unpaired) electrons. The number of nitrogens with zero attached hydrogens (tertiary/aromatic N) is 3. The van der Waals surface area contributed by atoms with Crippen molar-refractivity contribution >= 4 is 28.2 Å². The van der Waals surface area contributed by atoms with E-state index in [-0.39, 0.29) is 5.41 Å². The zero-order valence-electron chi connectivity index (χ0n) is 30.6. The number of hydrogen-bond donors (Lipinski definition) is 0. The molecule has 8 rings (SSSR count). The molecule has 0 bridgehead atoms. The summed E-state index contributed by atoms with van der Waals surface area (Å²) >= 11 is 0. The Morgan fingerprint density at radius 3 is 2.15 bits per heavy atom. The number of allylic oxidation sites excluding steroid dienone is 7. The molecule has 0 spiro atoms. The molecule has 0 N–H and O–H groups in total. The second-order valence-corrected chi connectivity index (χ2v) is 13.8. The van der Waals surface area contributed by atoms with Gasteiger partial charge in [-0.1, -0.05) is 177 Å². The van der Waals surface area contributed by atoms with Crippen LogP contribution in [0.25, 0.3) is 50.7 Å². The minimum absolute atomic E-state index is 0.153. The molecule has 0 aliphatic heterocycles. The third-order valence-corrected chi connectivity index (χ3v) is 10.2. The topological polar surface area (TPSA) is 51.8 Å². The summed E-state index contributed by atoms with van der Waals surface area (Å²) in [5.41, 5.74) is 10.4. The fourth-order valence-electron chi connectivity index (χ4n) is 7.30. The lowest BCUT2D eigenvalue weighted by Crippen LogP contribution is -2.24. The number of para-hydroxylation sites is 1. The van der Waals surface area contributed by atoms with Crippen LogP contribution >= 0.6 is 0 Å². The van der Waals surface area contributed by atoms with Gasteiger partial charge >= 0.3 is 0 Å². The summed E-state index contributed by atoms with van der Waals surface area (Å²) < 4.78 is 6.57. The van der Waals surface area contributed by atoms with Crippen LogP contribution in [-0.4, -0.2) is 15.0 Å². The second-order valence-electron chi connectivity index (χ2n) is 13.8. The van der Waals surface area contributed by atoms with Crippen molar-refractivity contribution < 1.29 is 4.42 Å². The molecule has 262 valence electrons. The van der Waals surface area contributed by atoms with Crippen molar-refractivity contribution in [2.24, 2.45) is 0 Å². The number of aromatic nitrogens is 3. The first-order chi connectivity index (χ1) is 26.5. The molecule has 4 heteroatoms. The molecular formula is C50H41N3O. The Labute approximate surface area is 317 Å². The quantitative estimate of drug-likeness (QED) is 0.133. The molecule has 2 aromatic heterocycles. The van der Waals surface area contributed by atoms with E-state index in [1.807, 2.05) is 55.5 Å². The van der Waals surface area contributed by atoms with E-state index >= 15 is 0 Å². The minimum atomic E-state index is -0.153. The Hall–Kier alpha value is -6.65. The van der Waals surface area contributed by atoms with Gasteiger partial charge in [0.15, 0.2) is 11.6 Å². The van der Waals surface area contributed by atoms with Gasteiger partial charge in [0, 0.05) is 33.9 Å². The van der Waals surface area contributed by atoms with Crippen LogP contribution in [0.2, 0.25) is 0 Å². The van der Waals surface area contributed by atoms with Crippen LogP contribution in [0.3, 0.4) is 0 Å². The summed E-state index contributed by atoms with van der Waals surface area (Å²) in [7, 11) is 0. The highest BCUT2D eigenvalue weighted by molar-refractivity contribution is 5.92. The predicted molar refractivity (Wildman–Crippen MR) is 224 cm³/mol. The number of hydrogen-bond acceptors (Lipinski definition) is 4. The van der Waals surface area contributed by atoms with Crippen molar-refractivity contribution in [1.82, 2.24) is 15.0 Å².